The highest BCUT2D eigenvalue weighted by Gasteiger charge is 2.13. The van der Waals surface area contributed by atoms with Crippen molar-refractivity contribution in [2.24, 2.45) is 0 Å². The van der Waals surface area contributed by atoms with Crippen LogP contribution < -0.4 is 0 Å². The lowest BCUT2D eigenvalue weighted by atomic mass is 10.3. The molecule has 0 saturated carbocycles. The van der Waals surface area contributed by atoms with Gasteiger partial charge in [-0.1, -0.05) is 29.8 Å². The summed E-state index contributed by atoms with van der Waals surface area (Å²) in [7, 11) is 1.65. The van der Waals surface area contributed by atoms with E-state index in [1.165, 1.54) is 17.8 Å². The molecule has 0 atom stereocenters. The molecule has 0 aromatic heterocycles. The van der Waals surface area contributed by atoms with Gasteiger partial charge < -0.3 is 4.74 Å². The molecule has 1 aromatic rings. The van der Waals surface area contributed by atoms with Crippen LogP contribution in [0, 0.1) is 10.1 Å². The zero-order valence-electron chi connectivity index (χ0n) is 10.8. The van der Waals surface area contributed by atoms with Gasteiger partial charge in [-0.25, -0.2) is 0 Å². The fourth-order valence-electron chi connectivity index (χ4n) is 1.14. The van der Waals surface area contributed by atoms with Gasteiger partial charge in [-0.05, 0) is 18.6 Å². The Morgan fingerprint density at radius 1 is 1.44 bits per heavy atom. The largest absolute Gasteiger partial charge is 0.385 e. The highest BCUT2D eigenvalue weighted by molar-refractivity contribution is 9.10. The Balaban J connectivity index is 0.00000137. The fraction of sp³-hybridized carbons (Fsp3) is 0.500. The second kappa shape index (κ2) is 10.3. The minimum absolute atomic E-state index is 0.150. The number of nitrogens with zero attached hydrogens (tertiary/aromatic N) is 1. The number of nitro groups is 1. The first kappa shape index (κ1) is 17.4. The first-order valence-corrected chi connectivity index (χ1v) is 7.48. The van der Waals surface area contributed by atoms with Gasteiger partial charge in [0.15, 0.2) is 0 Å². The standard InChI is InChI=1S/C10H12BrNO3S.C2H6/c1-15-5-2-6-16-10-4-3-8(11)7-9(10)12(13)14;1-2/h3-4,7H,2,5-6H2,1H3;1-2H3. The maximum atomic E-state index is 10.8. The summed E-state index contributed by atoms with van der Waals surface area (Å²) < 4.78 is 5.64. The van der Waals surface area contributed by atoms with Gasteiger partial charge in [0.25, 0.3) is 5.69 Å². The molecular formula is C12H18BrNO3S. The van der Waals surface area contributed by atoms with Crippen molar-refractivity contribution < 1.29 is 9.66 Å². The second-order valence-corrected chi connectivity index (χ2v) is 5.12. The van der Waals surface area contributed by atoms with Crippen LogP contribution in [0.25, 0.3) is 0 Å². The number of benzene rings is 1. The van der Waals surface area contributed by atoms with E-state index in [4.69, 9.17) is 4.74 Å². The van der Waals surface area contributed by atoms with Gasteiger partial charge in [0.2, 0.25) is 0 Å². The lowest BCUT2D eigenvalue weighted by molar-refractivity contribution is -0.387. The molecule has 0 aliphatic carbocycles. The molecule has 1 aromatic carbocycles. The number of nitro benzene ring substituents is 1. The average Bonchev–Trinajstić information content (AvgIpc) is 2.38. The number of rotatable bonds is 6. The number of halogens is 1. The summed E-state index contributed by atoms with van der Waals surface area (Å²) in [6.45, 7) is 4.68. The van der Waals surface area contributed by atoms with Crippen molar-refractivity contribution in [2.45, 2.75) is 25.2 Å². The number of hydrogen-bond donors (Lipinski definition) is 0. The minimum Gasteiger partial charge on any atom is -0.385 e. The molecule has 0 N–H and O–H groups in total. The van der Waals surface area contributed by atoms with Crippen LogP contribution in [-0.2, 0) is 4.74 Å². The maximum Gasteiger partial charge on any atom is 0.283 e. The van der Waals surface area contributed by atoms with Gasteiger partial charge in [0.1, 0.15) is 0 Å². The Morgan fingerprint density at radius 2 is 2.11 bits per heavy atom. The van der Waals surface area contributed by atoms with E-state index in [9.17, 15) is 10.1 Å². The third kappa shape index (κ3) is 6.37. The molecular weight excluding hydrogens is 318 g/mol. The van der Waals surface area contributed by atoms with Crippen molar-refractivity contribution in [2.75, 3.05) is 19.5 Å². The topological polar surface area (TPSA) is 52.4 Å². The van der Waals surface area contributed by atoms with Crippen LogP contribution in [0.4, 0.5) is 5.69 Å². The zero-order valence-corrected chi connectivity index (χ0v) is 13.2. The first-order chi connectivity index (χ1) is 8.65. The molecule has 0 bridgehead atoms. The van der Waals surface area contributed by atoms with Gasteiger partial charge in [-0.2, -0.15) is 0 Å². The minimum atomic E-state index is -0.358. The van der Waals surface area contributed by atoms with Gasteiger partial charge in [0, 0.05) is 30.0 Å². The van der Waals surface area contributed by atoms with Crippen molar-refractivity contribution >= 4 is 33.4 Å². The molecule has 0 saturated heterocycles. The van der Waals surface area contributed by atoms with E-state index in [1.807, 2.05) is 19.9 Å². The molecule has 0 heterocycles. The summed E-state index contributed by atoms with van der Waals surface area (Å²) in [5.41, 5.74) is 0.150. The summed E-state index contributed by atoms with van der Waals surface area (Å²) in [5.74, 6) is 0.816. The Labute approximate surface area is 120 Å². The van der Waals surface area contributed by atoms with Crippen LogP contribution in [0.5, 0.6) is 0 Å². The fourth-order valence-corrected chi connectivity index (χ4v) is 2.42. The molecule has 0 aliphatic heterocycles. The molecule has 102 valence electrons. The molecule has 0 unspecified atom stereocenters. The van der Waals surface area contributed by atoms with Crippen LogP contribution in [0.2, 0.25) is 0 Å². The van der Waals surface area contributed by atoms with Gasteiger partial charge in [-0.15, -0.1) is 11.8 Å². The summed E-state index contributed by atoms with van der Waals surface area (Å²) in [5, 5.41) is 10.8. The SMILES string of the molecule is CC.COCCCSc1ccc(Br)cc1[N+](=O)[O-]. The van der Waals surface area contributed by atoms with Gasteiger partial charge >= 0.3 is 0 Å². The van der Waals surface area contributed by atoms with Crippen LogP contribution in [0.15, 0.2) is 27.6 Å². The number of ether oxygens (including phenoxy) is 1. The normalized spacial score (nSPS) is 9.56. The lowest BCUT2D eigenvalue weighted by Crippen LogP contribution is -1.93. The second-order valence-electron chi connectivity index (χ2n) is 3.06. The third-order valence-electron chi connectivity index (χ3n) is 1.87. The zero-order chi connectivity index (χ0) is 14.0. The molecule has 0 spiro atoms. The van der Waals surface area contributed by atoms with E-state index < -0.39 is 0 Å². The van der Waals surface area contributed by atoms with Crippen molar-refractivity contribution in [1.82, 2.24) is 0 Å². The molecule has 0 amide bonds. The molecule has 0 fully saturated rings. The highest BCUT2D eigenvalue weighted by Crippen LogP contribution is 2.31. The monoisotopic (exact) mass is 335 g/mol. The Kier molecular flexibility index (Phi) is 10.0. The number of hydrogen-bond acceptors (Lipinski definition) is 4. The van der Waals surface area contributed by atoms with E-state index in [2.05, 4.69) is 15.9 Å². The summed E-state index contributed by atoms with van der Waals surface area (Å²) in [6, 6.07) is 5.10. The predicted molar refractivity (Wildman–Crippen MR) is 79.4 cm³/mol. The van der Waals surface area contributed by atoms with Crippen LogP contribution >= 0.6 is 27.7 Å². The van der Waals surface area contributed by atoms with E-state index in [0.29, 0.717) is 11.5 Å². The third-order valence-corrected chi connectivity index (χ3v) is 3.51. The number of thioether (sulfide) groups is 1. The molecule has 4 nitrogen and oxygen atoms in total. The Bertz CT molecular complexity index is 374. The van der Waals surface area contributed by atoms with E-state index in [1.54, 1.807) is 13.2 Å². The van der Waals surface area contributed by atoms with Crippen molar-refractivity contribution in [3.05, 3.63) is 32.8 Å². The first-order valence-electron chi connectivity index (χ1n) is 5.71. The van der Waals surface area contributed by atoms with E-state index in [0.717, 1.165) is 16.6 Å². The van der Waals surface area contributed by atoms with E-state index in [-0.39, 0.29) is 10.6 Å². The maximum absolute atomic E-state index is 10.8. The van der Waals surface area contributed by atoms with Crippen molar-refractivity contribution in [3.63, 3.8) is 0 Å². The van der Waals surface area contributed by atoms with Crippen LogP contribution in [0.3, 0.4) is 0 Å². The van der Waals surface area contributed by atoms with Gasteiger partial charge in [0.05, 0.1) is 9.82 Å². The summed E-state index contributed by atoms with van der Waals surface area (Å²) >= 11 is 4.71. The van der Waals surface area contributed by atoms with Gasteiger partial charge in [-0.3, -0.25) is 10.1 Å². The molecule has 18 heavy (non-hydrogen) atoms. The Hall–Kier alpha value is -0.590. The Morgan fingerprint density at radius 3 is 2.67 bits per heavy atom. The van der Waals surface area contributed by atoms with Crippen molar-refractivity contribution in [1.29, 1.82) is 0 Å². The smallest absolute Gasteiger partial charge is 0.283 e. The summed E-state index contributed by atoms with van der Waals surface area (Å²) in [4.78, 5) is 11.2. The quantitative estimate of drug-likeness (QED) is 0.332. The summed E-state index contributed by atoms with van der Waals surface area (Å²) in [6.07, 6.45) is 0.883. The average molecular weight is 336 g/mol. The molecule has 0 aliphatic rings. The van der Waals surface area contributed by atoms with E-state index >= 15 is 0 Å². The number of methoxy groups -OCH3 is 1. The molecule has 6 heteroatoms. The van der Waals surface area contributed by atoms with Crippen LogP contribution in [0.1, 0.15) is 20.3 Å². The lowest BCUT2D eigenvalue weighted by Gasteiger charge is -2.03. The highest BCUT2D eigenvalue weighted by atomic mass is 79.9. The van der Waals surface area contributed by atoms with Crippen LogP contribution in [-0.4, -0.2) is 24.4 Å². The predicted octanol–water partition coefficient (Wildman–Crippen LogP) is 4.51. The van der Waals surface area contributed by atoms with Crippen molar-refractivity contribution in [3.8, 4) is 0 Å². The molecule has 0 radical (unpaired) electrons. The molecule has 1 rings (SSSR count).